The Morgan fingerprint density at radius 2 is 2.04 bits per heavy atom. The number of aryl methyl sites for hydroxylation is 2. The molecule has 1 aliphatic carbocycles. The van der Waals surface area contributed by atoms with Gasteiger partial charge in [0.15, 0.2) is 5.16 Å². The number of anilines is 1. The van der Waals surface area contributed by atoms with Crippen molar-refractivity contribution in [3.05, 3.63) is 16.8 Å². The zero-order valence-electron chi connectivity index (χ0n) is 16.2. The number of methoxy groups -OCH3 is 1. The largest absolute Gasteiger partial charge is 0.383 e. The molecule has 0 fully saturated rings. The summed E-state index contributed by atoms with van der Waals surface area (Å²) in [5.74, 6) is 0.909. The van der Waals surface area contributed by atoms with E-state index in [1.54, 1.807) is 30.2 Å². The first-order valence-corrected chi connectivity index (χ1v) is 11.7. The zero-order valence-corrected chi connectivity index (χ0v) is 17.9. The Morgan fingerprint density at radius 3 is 2.81 bits per heavy atom. The summed E-state index contributed by atoms with van der Waals surface area (Å²) in [6, 6.07) is 0. The zero-order chi connectivity index (χ0) is 18.8. The minimum absolute atomic E-state index is 0.653. The van der Waals surface area contributed by atoms with Crippen LogP contribution in [0.4, 0.5) is 5.82 Å². The van der Waals surface area contributed by atoms with Crippen LogP contribution in [-0.2, 0) is 24.0 Å². The van der Waals surface area contributed by atoms with E-state index in [2.05, 4.69) is 12.2 Å². The summed E-state index contributed by atoms with van der Waals surface area (Å²) < 4.78 is 6.30. The summed E-state index contributed by atoms with van der Waals surface area (Å²) in [6.07, 6.45) is 9.06. The summed E-state index contributed by atoms with van der Waals surface area (Å²) in [5.41, 5.74) is 5.37. The second kappa shape index (κ2) is 8.29. The van der Waals surface area contributed by atoms with Crippen LogP contribution < -0.4 is 5.32 Å². The van der Waals surface area contributed by atoms with Gasteiger partial charge >= 0.3 is 0 Å². The minimum atomic E-state index is 0.653. The first-order chi connectivity index (χ1) is 13.3. The second-order valence-corrected chi connectivity index (χ2v) is 8.68. The molecule has 0 saturated heterocycles. The summed E-state index contributed by atoms with van der Waals surface area (Å²) in [7, 11) is 1.72. The van der Waals surface area contributed by atoms with Gasteiger partial charge in [-0.2, -0.15) is 0 Å². The van der Waals surface area contributed by atoms with Crippen molar-refractivity contribution < 1.29 is 4.74 Å². The number of nitrogens with one attached hydrogen (secondary N) is 1. The fraction of sp³-hybridized carbons (Fsp3) is 0.550. The van der Waals surface area contributed by atoms with Gasteiger partial charge < -0.3 is 10.1 Å². The lowest BCUT2D eigenvalue weighted by Gasteiger charge is -2.09. The Kier molecular flexibility index (Phi) is 5.80. The maximum atomic E-state index is 5.18. The van der Waals surface area contributed by atoms with E-state index in [0.717, 1.165) is 51.8 Å². The average molecular weight is 403 g/mol. The number of thioether (sulfide) groups is 1. The van der Waals surface area contributed by atoms with Crippen molar-refractivity contribution in [3.63, 3.8) is 0 Å². The van der Waals surface area contributed by atoms with Gasteiger partial charge in [0.1, 0.15) is 10.6 Å². The number of nitrogens with zero attached hydrogens (tertiary/aromatic N) is 3. The van der Waals surface area contributed by atoms with Crippen molar-refractivity contribution >= 4 is 49.3 Å². The van der Waals surface area contributed by atoms with Crippen molar-refractivity contribution in [1.29, 1.82) is 0 Å². The van der Waals surface area contributed by atoms with E-state index in [1.807, 2.05) is 6.26 Å². The highest BCUT2D eigenvalue weighted by molar-refractivity contribution is 7.98. The van der Waals surface area contributed by atoms with Gasteiger partial charge in [0.05, 0.1) is 16.8 Å². The molecule has 3 aromatic heterocycles. The van der Waals surface area contributed by atoms with Crippen LogP contribution in [0.25, 0.3) is 20.4 Å². The Balaban J connectivity index is 1.91. The van der Waals surface area contributed by atoms with E-state index in [-0.39, 0.29) is 0 Å². The van der Waals surface area contributed by atoms with E-state index < -0.39 is 0 Å². The van der Waals surface area contributed by atoms with Crippen LogP contribution in [0, 0.1) is 0 Å². The molecule has 0 atom stereocenters. The molecule has 0 bridgehead atoms. The van der Waals surface area contributed by atoms with Gasteiger partial charge in [0, 0.05) is 24.7 Å². The highest BCUT2D eigenvalue weighted by Crippen LogP contribution is 2.42. The third-order valence-electron chi connectivity index (χ3n) is 5.15. The molecule has 0 amide bonds. The van der Waals surface area contributed by atoms with E-state index in [0.29, 0.717) is 6.61 Å². The van der Waals surface area contributed by atoms with Crippen molar-refractivity contribution in [1.82, 2.24) is 15.0 Å². The van der Waals surface area contributed by atoms with Crippen LogP contribution in [0.2, 0.25) is 0 Å². The fourth-order valence-electron chi connectivity index (χ4n) is 3.86. The lowest BCUT2D eigenvalue weighted by molar-refractivity contribution is 0.210. The maximum Gasteiger partial charge on any atom is 0.189 e. The molecule has 5 nitrogen and oxygen atoms in total. The summed E-state index contributed by atoms with van der Waals surface area (Å²) in [6.45, 7) is 3.63. The van der Waals surface area contributed by atoms with Crippen molar-refractivity contribution in [2.24, 2.45) is 0 Å². The van der Waals surface area contributed by atoms with Gasteiger partial charge in [-0.25, -0.2) is 15.0 Å². The summed E-state index contributed by atoms with van der Waals surface area (Å²) in [5, 5.41) is 5.52. The average Bonchev–Trinajstić information content (AvgIpc) is 3.30. The molecular formula is C20H26N4OS2. The first-order valence-electron chi connectivity index (χ1n) is 9.68. The van der Waals surface area contributed by atoms with Crippen LogP contribution in [0.5, 0.6) is 0 Å². The molecule has 0 aromatic carbocycles. The second-order valence-electron chi connectivity index (χ2n) is 6.91. The lowest BCUT2D eigenvalue weighted by atomic mass is 10.0. The van der Waals surface area contributed by atoms with E-state index in [4.69, 9.17) is 19.7 Å². The van der Waals surface area contributed by atoms with Crippen molar-refractivity contribution in [2.75, 3.05) is 31.8 Å². The summed E-state index contributed by atoms with van der Waals surface area (Å²) >= 11 is 3.32. The van der Waals surface area contributed by atoms with Gasteiger partial charge in [0.25, 0.3) is 0 Å². The third kappa shape index (κ3) is 3.52. The number of rotatable bonds is 8. The van der Waals surface area contributed by atoms with E-state index in [9.17, 15) is 0 Å². The topological polar surface area (TPSA) is 59.9 Å². The Labute approximate surface area is 168 Å². The molecule has 0 radical (unpaired) electrons. The smallest absolute Gasteiger partial charge is 0.189 e. The molecule has 1 aliphatic rings. The van der Waals surface area contributed by atoms with Crippen LogP contribution >= 0.6 is 23.1 Å². The van der Waals surface area contributed by atoms with Crippen molar-refractivity contribution in [3.8, 4) is 0 Å². The van der Waals surface area contributed by atoms with Gasteiger partial charge in [0.2, 0.25) is 0 Å². The number of hydrogen-bond acceptors (Lipinski definition) is 7. The molecule has 7 heteroatoms. The molecular weight excluding hydrogens is 376 g/mol. The quantitative estimate of drug-likeness (QED) is 0.330. The Bertz CT molecular complexity index is 970. The molecule has 3 aromatic rings. The van der Waals surface area contributed by atoms with Crippen LogP contribution in [0.15, 0.2) is 5.16 Å². The molecule has 0 spiro atoms. The number of fused-ring (bicyclic) bond motifs is 5. The predicted octanol–water partition coefficient (Wildman–Crippen LogP) is 4.85. The maximum absolute atomic E-state index is 5.18. The van der Waals surface area contributed by atoms with Gasteiger partial charge in [-0.3, -0.25) is 0 Å². The number of ether oxygens (including phenoxy) is 1. The number of thiophene rings is 1. The molecule has 27 heavy (non-hydrogen) atoms. The first kappa shape index (κ1) is 18.9. The highest BCUT2D eigenvalue weighted by atomic mass is 32.2. The molecule has 4 rings (SSSR count). The standard InChI is InChI=1S/C20H26N4OS2/c1-4-5-9-14-12-7-6-8-13(12)15-16-17(27-19(15)22-14)18(21-10-11-25-2)24-20(23-16)26-3/h4-11H2,1-3H3,(H,21,23,24). The van der Waals surface area contributed by atoms with E-state index >= 15 is 0 Å². The molecule has 144 valence electrons. The van der Waals surface area contributed by atoms with Crippen LogP contribution in [-0.4, -0.2) is 41.5 Å². The number of unbranched alkanes of at least 4 members (excludes halogenated alkanes) is 1. The normalized spacial score (nSPS) is 13.6. The highest BCUT2D eigenvalue weighted by Gasteiger charge is 2.24. The van der Waals surface area contributed by atoms with Gasteiger partial charge in [-0.15, -0.1) is 11.3 Å². The lowest BCUT2D eigenvalue weighted by Crippen LogP contribution is -2.09. The van der Waals surface area contributed by atoms with Gasteiger partial charge in [-0.1, -0.05) is 25.1 Å². The van der Waals surface area contributed by atoms with Crippen molar-refractivity contribution in [2.45, 2.75) is 50.6 Å². The molecule has 0 saturated carbocycles. The number of pyridine rings is 1. The molecule has 0 unspecified atom stereocenters. The molecule has 0 aliphatic heterocycles. The monoisotopic (exact) mass is 402 g/mol. The van der Waals surface area contributed by atoms with E-state index in [1.165, 1.54) is 41.5 Å². The third-order valence-corrected chi connectivity index (χ3v) is 6.77. The Hall–Kier alpha value is -1.44. The SMILES string of the molecule is CCCCc1nc2sc3c(NCCOC)nc(SC)nc3c2c2c1CCC2. The van der Waals surface area contributed by atoms with Crippen LogP contribution in [0.3, 0.4) is 0 Å². The molecule has 3 heterocycles. The number of aromatic nitrogens is 3. The number of hydrogen-bond donors (Lipinski definition) is 1. The predicted molar refractivity (Wildman–Crippen MR) is 115 cm³/mol. The van der Waals surface area contributed by atoms with Gasteiger partial charge in [-0.05, 0) is 49.5 Å². The minimum Gasteiger partial charge on any atom is -0.383 e. The Morgan fingerprint density at radius 1 is 1.19 bits per heavy atom. The van der Waals surface area contributed by atoms with Crippen LogP contribution in [0.1, 0.15) is 43.0 Å². The fourth-order valence-corrected chi connectivity index (χ4v) is 5.35. The summed E-state index contributed by atoms with van der Waals surface area (Å²) in [4.78, 5) is 15.8. The molecule has 1 N–H and O–H groups in total.